The van der Waals surface area contributed by atoms with Crippen molar-refractivity contribution in [3.63, 3.8) is 0 Å². The van der Waals surface area contributed by atoms with Crippen LogP contribution in [0.5, 0.6) is 0 Å². The zero-order chi connectivity index (χ0) is 26.8. The predicted molar refractivity (Wildman–Crippen MR) is 158 cm³/mol. The summed E-state index contributed by atoms with van der Waals surface area (Å²) < 4.78 is 2.56. The second-order valence-electron chi connectivity index (χ2n) is 8.44. The fourth-order valence-corrected chi connectivity index (χ4v) is 4.29. The Kier molecular flexibility index (Phi) is 7.16. The van der Waals surface area contributed by atoms with Crippen molar-refractivity contribution in [2.45, 2.75) is 13.8 Å². The lowest BCUT2D eigenvalue weighted by molar-refractivity contribution is 0.240. The Morgan fingerprint density at radius 2 is 1.45 bits per heavy atom. The standard InChI is InChI=1S/C26H26N8O2S2/c1-3-27-25(35)34(38)16-10-12-20-22(14-16)32-24(30-20)18-8-6-5-7-17(18)23-29-19-11-9-15(13-21(19)31-23)28-26(36)33(37)4-2/h5-14,37-38H,3-4H2,1-2H3,(H,27,35)(H,28,36)(H,29,31)(H,30,32). The maximum atomic E-state index is 12.2. The first-order valence-electron chi connectivity index (χ1n) is 12.0. The Morgan fingerprint density at radius 1 is 0.842 bits per heavy atom. The number of urea groups is 2. The van der Waals surface area contributed by atoms with Gasteiger partial charge in [-0.25, -0.2) is 23.9 Å². The van der Waals surface area contributed by atoms with Crippen molar-refractivity contribution in [2.75, 3.05) is 22.7 Å². The summed E-state index contributed by atoms with van der Waals surface area (Å²) in [6.45, 7) is 4.68. The number of benzene rings is 3. The minimum atomic E-state index is -0.305. The van der Waals surface area contributed by atoms with Crippen LogP contribution in [0.4, 0.5) is 21.0 Å². The Bertz CT molecular complexity index is 1650. The predicted octanol–water partition coefficient (Wildman–Crippen LogP) is 5.85. The quantitative estimate of drug-likeness (QED) is 0.150. The van der Waals surface area contributed by atoms with E-state index in [1.165, 1.54) is 8.61 Å². The first kappa shape index (κ1) is 25.5. The average molecular weight is 547 g/mol. The van der Waals surface area contributed by atoms with Crippen molar-refractivity contribution < 1.29 is 9.59 Å². The molecular formula is C26H26N8O2S2. The smallest absolute Gasteiger partial charge is 0.331 e. The van der Waals surface area contributed by atoms with Crippen molar-refractivity contribution >= 4 is 71.1 Å². The van der Waals surface area contributed by atoms with Crippen molar-refractivity contribution in [1.29, 1.82) is 0 Å². The molecular weight excluding hydrogens is 520 g/mol. The molecule has 0 spiro atoms. The third kappa shape index (κ3) is 5.00. The van der Waals surface area contributed by atoms with Gasteiger partial charge in [0.15, 0.2) is 0 Å². The molecule has 12 heteroatoms. The molecule has 0 bridgehead atoms. The molecule has 4 amide bonds. The van der Waals surface area contributed by atoms with Gasteiger partial charge in [0.1, 0.15) is 11.6 Å². The van der Waals surface area contributed by atoms with Crippen LogP contribution < -0.4 is 14.9 Å². The molecule has 0 atom stereocenters. The normalized spacial score (nSPS) is 11.1. The highest BCUT2D eigenvalue weighted by atomic mass is 32.1. The molecule has 0 aliphatic heterocycles. The number of amides is 4. The highest BCUT2D eigenvalue weighted by Crippen LogP contribution is 2.32. The van der Waals surface area contributed by atoms with Gasteiger partial charge < -0.3 is 20.6 Å². The van der Waals surface area contributed by atoms with E-state index in [0.717, 1.165) is 33.2 Å². The van der Waals surface area contributed by atoms with E-state index in [1.807, 2.05) is 62.4 Å². The molecule has 5 rings (SSSR count). The summed E-state index contributed by atoms with van der Waals surface area (Å²) in [5.41, 5.74) is 6.05. The van der Waals surface area contributed by atoms with Gasteiger partial charge in [-0.3, -0.25) is 4.31 Å². The highest BCUT2D eigenvalue weighted by molar-refractivity contribution is 7.82. The number of nitrogens with one attached hydrogen (secondary N) is 4. The number of imidazole rings is 2. The topological polar surface area (TPSA) is 122 Å². The molecule has 5 aromatic rings. The number of carbonyl (C=O) groups is 2. The first-order valence-corrected chi connectivity index (χ1v) is 12.8. The second kappa shape index (κ2) is 10.7. The summed E-state index contributed by atoms with van der Waals surface area (Å²) >= 11 is 8.47. The van der Waals surface area contributed by atoms with E-state index < -0.39 is 0 Å². The molecule has 0 radical (unpaired) electrons. The van der Waals surface area contributed by atoms with Crippen LogP contribution in [-0.2, 0) is 0 Å². The number of hydrogen-bond donors (Lipinski definition) is 6. The van der Waals surface area contributed by atoms with Gasteiger partial charge in [-0.2, -0.15) is 0 Å². The van der Waals surface area contributed by atoms with Crippen molar-refractivity contribution in [2.24, 2.45) is 0 Å². The van der Waals surface area contributed by atoms with Gasteiger partial charge in [0.25, 0.3) is 0 Å². The van der Waals surface area contributed by atoms with E-state index in [4.69, 9.17) is 9.97 Å². The fourth-order valence-electron chi connectivity index (χ4n) is 4.04. The summed E-state index contributed by atoms with van der Waals surface area (Å²) in [6, 6.07) is 18.2. The van der Waals surface area contributed by atoms with Gasteiger partial charge in [0, 0.05) is 29.9 Å². The number of nitrogens with zero attached hydrogens (tertiary/aromatic N) is 4. The minimum Gasteiger partial charge on any atom is -0.338 e. The zero-order valence-electron chi connectivity index (χ0n) is 20.7. The van der Waals surface area contributed by atoms with Gasteiger partial charge in [0.2, 0.25) is 0 Å². The van der Waals surface area contributed by atoms with Crippen LogP contribution in [0, 0.1) is 0 Å². The lowest BCUT2D eigenvalue weighted by Gasteiger charge is -2.15. The third-order valence-electron chi connectivity index (χ3n) is 5.93. The van der Waals surface area contributed by atoms with Crippen LogP contribution in [0.3, 0.4) is 0 Å². The molecule has 38 heavy (non-hydrogen) atoms. The molecule has 10 nitrogen and oxygen atoms in total. The van der Waals surface area contributed by atoms with Crippen LogP contribution in [0.25, 0.3) is 44.8 Å². The second-order valence-corrected chi connectivity index (χ2v) is 9.33. The monoisotopic (exact) mass is 546 g/mol. The largest absolute Gasteiger partial charge is 0.338 e. The third-order valence-corrected chi connectivity index (χ3v) is 6.81. The van der Waals surface area contributed by atoms with Gasteiger partial charge in [-0.1, -0.05) is 49.9 Å². The maximum Gasteiger partial charge on any atom is 0.331 e. The van der Waals surface area contributed by atoms with Gasteiger partial charge in [-0.15, -0.1) is 0 Å². The summed E-state index contributed by atoms with van der Waals surface area (Å²) in [7, 11) is 0. The molecule has 0 unspecified atom stereocenters. The number of anilines is 2. The molecule has 2 heterocycles. The number of aromatic amines is 2. The lowest BCUT2D eigenvalue weighted by Crippen LogP contribution is -2.33. The van der Waals surface area contributed by atoms with Gasteiger partial charge in [-0.05, 0) is 50.2 Å². The number of aromatic nitrogens is 4. The van der Waals surface area contributed by atoms with Crippen LogP contribution in [0.15, 0.2) is 60.7 Å². The van der Waals surface area contributed by atoms with E-state index in [9.17, 15) is 9.59 Å². The Labute approximate surface area is 229 Å². The Morgan fingerprint density at radius 3 is 2.05 bits per heavy atom. The maximum absolute atomic E-state index is 12.2. The van der Waals surface area contributed by atoms with E-state index in [0.29, 0.717) is 36.1 Å². The number of fused-ring (bicyclic) bond motifs is 2. The molecule has 0 saturated heterocycles. The minimum absolute atomic E-state index is 0.304. The van der Waals surface area contributed by atoms with E-state index in [2.05, 4.69) is 46.2 Å². The summed E-state index contributed by atoms with van der Waals surface area (Å²) in [6.07, 6.45) is 0. The van der Waals surface area contributed by atoms with Crippen LogP contribution in [0.2, 0.25) is 0 Å². The number of carbonyl (C=O) groups excluding carboxylic acids is 2. The van der Waals surface area contributed by atoms with Gasteiger partial charge in [0.05, 0.1) is 27.8 Å². The molecule has 3 aromatic carbocycles. The average Bonchev–Trinajstić information content (AvgIpc) is 3.55. The zero-order valence-corrected chi connectivity index (χ0v) is 22.5. The Balaban J connectivity index is 1.48. The van der Waals surface area contributed by atoms with E-state index in [-0.39, 0.29) is 12.1 Å². The summed E-state index contributed by atoms with van der Waals surface area (Å²) in [4.78, 5) is 40.6. The van der Waals surface area contributed by atoms with Crippen LogP contribution in [-0.4, -0.2) is 49.4 Å². The lowest BCUT2D eigenvalue weighted by atomic mass is 10.1. The van der Waals surface area contributed by atoms with Crippen molar-refractivity contribution in [3.05, 3.63) is 60.7 Å². The van der Waals surface area contributed by atoms with Crippen LogP contribution >= 0.6 is 25.6 Å². The molecule has 194 valence electrons. The van der Waals surface area contributed by atoms with Gasteiger partial charge >= 0.3 is 12.1 Å². The number of thiol groups is 2. The molecule has 0 fully saturated rings. The molecule has 2 aromatic heterocycles. The molecule has 0 aliphatic rings. The number of H-pyrrole nitrogens is 2. The summed E-state index contributed by atoms with van der Waals surface area (Å²) in [5.74, 6) is 1.33. The molecule has 0 saturated carbocycles. The molecule has 0 aliphatic carbocycles. The number of hydrogen-bond acceptors (Lipinski definition) is 6. The molecule has 4 N–H and O–H groups in total. The SMILES string of the molecule is CCNC(=O)N(S)c1ccc2nc(-c3ccccc3-c3nc4ccc(NC(=O)N(S)CC)cc4[nH]3)[nH]c2c1. The van der Waals surface area contributed by atoms with Crippen molar-refractivity contribution in [1.82, 2.24) is 29.6 Å². The van der Waals surface area contributed by atoms with Crippen molar-refractivity contribution in [3.8, 4) is 22.8 Å². The van der Waals surface area contributed by atoms with Crippen LogP contribution in [0.1, 0.15) is 13.8 Å². The first-order chi connectivity index (χ1) is 18.4. The Hall–Kier alpha value is -4.16. The summed E-state index contributed by atoms with van der Waals surface area (Å²) in [5, 5.41) is 5.55. The van der Waals surface area contributed by atoms with E-state index in [1.54, 1.807) is 12.1 Å². The highest BCUT2D eigenvalue weighted by Gasteiger charge is 2.17. The number of rotatable bonds is 6. The van der Waals surface area contributed by atoms with E-state index >= 15 is 0 Å². The fraction of sp³-hybridized carbons (Fsp3) is 0.154.